The van der Waals surface area contributed by atoms with Gasteiger partial charge in [-0.15, -0.1) is 11.3 Å². The summed E-state index contributed by atoms with van der Waals surface area (Å²) in [4.78, 5) is 3.55. The maximum Gasteiger partial charge on any atom is 0.127 e. The first-order valence-electron chi connectivity index (χ1n) is 6.99. The summed E-state index contributed by atoms with van der Waals surface area (Å²) in [5.41, 5.74) is 3.77. The summed E-state index contributed by atoms with van der Waals surface area (Å²) in [5.74, 6) is 0.970. The van der Waals surface area contributed by atoms with Gasteiger partial charge in [0.2, 0.25) is 0 Å². The summed E-state index contributed by atoms with van der Waals surface area (Å²) in [6.45, 7) is 1.70. The summed E-state index contributed by atoms with van der Waals surface area (Å²) >= 11 is 5.38. The molecule has 2 heterocycles. The van der Waals surface area contributed by atoms with E-state index in [4.69, 9.17) is 4.74 Å². The molecule has 0 N–H and O–H groups in total. The van der Waals surface area contributed by atoms with Crippen LogP contribution in [0.4, 0.5) is 0 Å². The van der Waals surface area contributed by atoms with E-state index in [1.807, 2.05) is 6.07 Å². The van der Waals surface area contributed by atoms with Crippen molar-refractivity contribution in [3.63, 3.8) is 0 Å². The zero-order valence-corrected chi connectivity index (χ0v) is 14.6. The maximum absolute atomic E-state index is 5.98. The third kappa shape index (κ3) is 3.23. The van der Waals surface area contributed by atoms with Crippen LogP contribution in [0.25, 0.3) is 5.57 Å². The van der Waals surface area contributed by atoms with Crippen molar-refractivity contribution in [2.45, 2.75) is 13.0 Å². The first-order chi connectivity index (χ1) is 10.1. The number of hydrogen-bond donors (Lipinski definition) is 0. The minimum Gasteiger partial charge on any atom is -0.488 e. The molecule has 1 aliphatic heterocycles. The Hall–Kier alpha value is -1.10. The van der Waals surface area contributed by atoms with Crippen LogP contribution in [0.3, 0.4) is 0 Å². The number of halogens is 1. The molecule has 2 nitrogen and oxygen atoms in total. The Bertz CT molecular complexity index is 675. The smallest absolute Gasteiger partial charge is 0.127 e. The predicted octanol–water partition coefficient (Wildman–Crippen LogP) is 4.79. The molecule has 0 atom stereocenters. The Kier molecular flexibility index (Phi) is 4.48. The van der Waals surface area contributed by atoms with Gasteiger partial charge in [-0.25, -0.2) is 0 Å². The first-order valence-corrected chi connectivity index (χ1v) is 8.67. The Morgan fingerprint density at radius 3 is 3.00 bits per heavy atom. The maximum atomic E-state index is 5.98. The fraction of sp³-hybridized carbons (Fsp3) is 0.294. The second-order valence-corrected chi connectivity index (χ2v) is 7.25. The molecule has 3 rings (SSSR count). The van der Waals surface area contributed by atoms with E-state index in [9.17, 15) is 0 Å². The second-order valence-electron chi connectivity index (χ2n) is 5.41. The van der Waals surface area contributed by atoms with Gasteiger partial charge >= 0.3 is 0 Å². The van der Waals surface area contributed by atoms with E-state index >= 15 is 0 Å². The number of ether oxygens (including phenoxy) is 1. The molecule has 0 radical (unpaired) electrons. The third-order valence-corrected chi connectivity index (χ3v) is 5.01. The van der Waals surface area contributed by atoms with Crippen LogP contribution in [-0.4, -0.2) is 25.5 Å². The van der Waals surface area contributed by atoms with E-state index in [0.29, 0.717) is 6.61 Å². The SMILES string of the molecule is CN(C)CC/C=C1\c2cc(Br)ccc2OCc2ccsc21. The van der Waals surface area contributed by atoms with Crippen molar-refractivity contribution in [3.05, 3.63) is 56.2 Å². The fourth-order valence-corrected chi connectivity index (χ4v) is 3.80. The molecule has 0 amide bonds. The molecule has 1 aromatic heterocycles. The highest BCUT2D eigenvalue weighted by atomic mass is 79.9. The van der Waals surface area contributed by atoms with Crippen molar-refractivity contribution in [2.24, 2.45) is 0 Å². The molecule has 0 bridgehead atoms. The molecule has 1 aliphatic rings. The molecule has 0 spiro atoms. The lowest BCUT2D eigenvalue weighted by Crippen LogP contribution is -2.12. The van der Waals surface area contributed by atoms with Crippen LogP contribution in [-0.2, 0) is 6.61 Å². The normalized spacial score (nSPS) is 15.5. The van der Waals surface area contributed by atoms with Gasteiger partial charge in [0.1, 0.15) is 12.4 Å². The van der Waals surface area contributed by atoms with E-state index in [-0.39, 0.29) is 0 Å². The summed E-state index contributed by atoms with van der Waals surface area (Å²) in [5, 5.41) is 2.15. The van der Waals surface area contributed by atoms with Crippen LogP contribution in [0.2, 0.25) is 0 Å². The van der Waals surface area contributed by atoms with E-state index < -0.39 is 0 Å². The average molecular weight is 364 g/mol. The Morgan fingerprint density at radius 2 is 2.19 bits per heavy atom. The van der Waals surface area contributed by atoms with Crippen LogP contribution in [0, 0.1) is 0 Å². The fourth-order valence-electron chi connectivity index (χ4n) is 2.47. The lowest BCUT2D eigenvalue weighted by molar-refractivity contribution is 0.307. The van der Waals surface area contributed by atoms with Crippen molar-refractivity contribution in [1.29, 1.82) is 0 Å². The molecule has 0 saturated carbocycles. The monoisotopic (exact) mass is 363 g/mol. The molecular formula is C17H18BrNOS. The standard InChI is InChI=1S/C17H18BrNOS/c1-19(2)8-3-4-14-15-10-13(18)5-6-16(15)20-11-12-7-9-21-17(12)14/h4-7,9-10H,3,8,11H2,1-2H3/b14-4+. The number of thiophene rings is 1. The number of nitrogens with zero attached hydrogens (tertiary/aromatic N) is 1. The molecule has 0 fully saturated rings. The summed E-state index contributed by atoms with van der Waals surface area (Å²) in [6.07, 6.45) is 3.38. The molecule has 0 aliphatic carbocycles. The quantitative estimate of drug-likeness (QED) is 0.777. The van der Waals surface area contributed by atoms with E-state index in [2.05, 4.69) is 64.6 Å². The van der Waals surface area contributed by atoms with Crippen LogP contribution in [0.1, 0.15) is 22.4 Å². The zero-order chi connectivity index (χ0) is 14.8. The largest absolute Gasteiger partial charge is 0.488 e. The van der Waals surface area contributed by atoms with Gasteiger partial charge in [-0.3, -0.25) is 0 Å². The number of fused-ring (bicyclic) bond motifs is 2. The Morgan fingerprint density at radius 1 is 1.33 bits per heavy atom. The van der Waals surface area contributed by atoms with Crippen molar-refractivity contribution in [2.75, 3.05) is 20.6 Å². The Labute approximate surface area is 138 Å². The number of benzene rings is 1. The van der Waals surface area contributed by atoms with Gasteiger partial charge in [-0.2, -0.15) is 0 Å². The summed E-state index contributed by atoms with van der Waals surface area (Å²) in [7, 11) is 4.21. The second kappa shape index (κ2) is 6.34. The molecule has 4 heteroatoms. The highest BCUT2D eigenvalue weighted by molar-refractivity contribution is 9.10. The molecule has 0 saturated heterocycles. The minimum atomic E-state index is 0.651. The minimum absolute atomic E-state index is 0.651. The first kappa shape index (κ1) is 14.8. The van der Waals surface area contributed by atoms with E-state index in [1.54, 1.807) is 11.3 Å². The van der Waals surface area contributed by atoms with Crippen LogP contribution in [0.5, 0.6) is 5.75 Å². The van der Waals surface area contributed by atoms with Crippen molar-refractivity contribution >= 4 is 32.8 Å². The van der Waals surface area contributed by atoms with Gasteiger partial charge < -0.3 is 9.64 Å². The Balaban J connectivity index is 2.06. The van der Waals surface area contributed by atoms with Gasteiger partial charge in [0, 0.05) is 27.0 Å². The van der Waals surface area contributed by atoms with Gasteiger partial charge in [0.25, 0.3) is 0 Å². The lowest BCUT2D eigenvalue weighted by atomic mass is 10.0. The highest BCUT2D eigenvalue weighted by Gasteiger charge is 2.20. The zero-order valence-electron chi connectivity index (χ0n) is 12.2. The molecule has 2 aromatic rings. The number of hydrogen-bond acceptors (Lipinski definition) is 3. The molecular weight excluding hydrogens is 346 g/mol. The van der Waals surface area contributed by atoms with Gasteiger partial charge in [0.05, 0.1) is 0 Å². The molecule has 0 unspecified atom stereocenters. The molecule has 21 heavy (non-hydrogen) atoms. The molecule has 1 aromatic carbocycles. The van der Waals surface area contributed by atoms with Crippen LogP contribution < -0.4 is 4.74 Å². The van der Waals surface area contributed by atoms with Gasteiger partial charge in [-0.05, 0) is 55.7 Å². The van der Waals surface area contributed by atoms with Crippen molar-refractivity contribution in [3.8, 4) is 5.75 Å². The number of rotatable bonds is 3. The van der Waals surface area contributed by atoms with Crippen LogP contribution in [0.15, 0.2) is 40.2 Å². The van der Waals surface area contributed by atoms with E-state index in [1.165, 1.54) is 21.6 Å². The average Bonchev–Trinajstić information content (AvgIpc) is 2.85. The topological polar surface area (TPSA) is 12.5 Å². The predicted molar refractivity (Wildman–Crippen MR) is 93.0 cm³/mol. The lowest BCUT2D eigenvalue weighted by Gasteiger charge is -2.11. The summed E-state index contributed by atoms with van der Waals surface area (Å²) in [6, 6.07) is 8.41. The van der Waals surface area contributed by atoms with Crippen LogP contribution >= 0.6 is 27.3 Å². The van der Waals surface area contributed by atoms with Crippen molar-refractivity contribution in [1.82, 2.24) is 4.90 Å². The highest BCUT2D eigenvalue weighted by Crippen LogP contribution is 2.40. The van der Waals surface area contributed by atoms with Gasteiger partial charge in [0.15, 0.2) is 0 Å². The summed E-state index contributed by atoms with van der Waals surface area (Å²) < 4.78 is 7.07. The van der Waals surface area contributed by atoms with Gasteiger partial charge in [-0.1, -0.05) is 22.0 Å². The molecule has 110 valence electrons. The van der Waals surface area contributed by atoms with Crippen molar-refractivity contribution < 1.29 is 4.74 Å². The van der Waals surface area contributed by atoms with E-state index in [0.717, 1.165) is 23.2 Å². The third-order valence-electron chi connectivity index (χ3n) is 3.53.